The lowest BCUT2D eigenvalue weighted by molar-refractivity contribution is 0.617. The van der Waals surface area contributed by atoms with Gasteiger partial charge in [-0.25, -0.2) is 4.39 Å². The summed E-state index contributed by atoms with van der Waals surface area (Å²) in [5.41, 5.74) is 0.691. The van der Waals surface area contributed by atoms with Crippen molar-refractivity contribution in [1.29, 1.82) is 0 Å². The summed E-state index contributed by atoms with van der Waals surface area (Å²) >= 11 is 1.86. The number of halogens is 1. The van der Waals surface area contributed by atoms with Gasteiger partial charge in [-0.2, -0.15) is 11.8 Å². The average Bonchev–Trinajstić information content (AvgIpc) is 2.67. The minimum absolute atomic E-state index is 0.214. The lowest BCUT2D eigenvalue weighted by atomic mass is 10.3. The van der Waals surface area contributed by atoms with E-state index in [4.69, 9.17) is 0 Å². The zero-order chi connectivity index (χ0) is 9.97. The molecular formula is C10H13FN2S. The summed E-state index contributed by atoms with van der Waals surface area (Å²) in [7, 11) is 0. The topological polar surface area (TPSA) is 16.1 Å². The summed E-state index contributed by atoms with van der Waals surface area (Å²) in [5, 5.41) is 0.641. The molecular weight excluding hydrogens is 199 g/mol. The van der Waals surface area contributed by atoms with Crippen molar-refractivity contribution in [2.75, 3.05) is 24.2 Å². The van der Waals surface area contributed by atoms with E-state index in [2.05, 4.69) is 16.1 Å². The van der Waals surface area contributed by atoms with Crippen LogP contribution in [0.2, 0.25) is 0 Å². The van der Waals surface area contributed by atoms with Crippen LogP contribution >= 0.6 is 11.8 Å². The molecule has 14 heavy (non-hydrogen) atoms. The van der Waals surface area contributed by atoms with Crippen LogP contribution in [0.25, 0.3) is 0 Å². The van der Waals surface area contributed by atoms with Crippen molar-refractivity contribution in [2.24, 2.45) is 0 Å². The van der Waals surface area contributed by atoms with Gasteiger partial charge in [-0.15, -0.1) is 0 Å². The van der Waals surface area contributed by atoms with E-state index < -0.39 is 0 Å². The third-order valence-corrected chi connectivity index (χ3v) is 3.62. The molecule has 0 spiro atoms. The molecule has 1 aliphatic heterocycles. The Bertz CT molecular complexity index is 319. The molecule has 0 saturated carbocycles. The Morgan fingerprint density at radius 2 is 2.50 bits per heavy atom. The highest BCUT2D eigenvalue weighted by Gasteiger charge is 2.23. The van der Waals surface area contributed by atoms with Gasteiger partial charge in [-0.3, -0.25) is 4.98 Å². The van der Waals surface area contributed by atoms with E-state index in [0.717, 1.165) is 19.5 Å². The zero-order valence-electron chi connectivity index (χ0n) is 8.11. The van der Waals surface area contributed by atoms with Crippen molar-refractivity contribution < 1.29 is 4.39 Å². The average molecular weight is 212 g/mol. The first-order valence-corrected chi connectivity index (χ1v) is 5.97. The first-order valence-electron chi connectivity index (χ1n) is 4.68. The maximum Gasteiger partial charge on any atom is 0.164 e. The highest BCUT2D eigenvalue weighted by Crippen LogP contribution is 2.26. The predicted molar refractivity (Wildman–Crippen MR) is 58.3 cm³/mol. The number of aromatic nitrogens is 1. The Balaban J connectivity index is 2.13. The van der Waals surface area contributed by atoms with E-state index in [1.807, 2.05) is 11.8 Å². The van der Waals surface area contributed by atoms with Gasteiger partial charge in [0.15, 0.2) is 5.82 Å². The molecule has 1 aromatic heterocycles. The third kappa shape index (κ3) is 1.85. The second-order valence-electron chi connectivity index (χ2n) is 3.42. The van der Waals surface area contributed by atoms with Gasteiger partial charge in [0, 0.05) is 24.5 Å². The molecule has 1 atom stereocenters. The Morgan fingerprint density at radius 3 is 3.14 bits per heavy atom. The second-order valence-corrected chi connectivity index (χ2v) is 4.56. The molecule has 0 aliphatic carbocycles. The highest BCUT2D eigenvalue weighted by molar-refractivity contribution is 7.99. The molecule has 1 fully saturated rings. The second kappa shape index (κ2) is 4.17. The van der Waals surface area contributed by atoms with Gasteiger partial charge in [0.1, 0.15) is 0 Å². The highest BCUT2D eigenvalue weighted by atomic mass is 32.2. The Morgan fingerprint density at radius 1 is 1.64 bits per heavy atom. The van der Waals surface area contributed by atoms with Crippen LogP contribution in [0, 0.1) is 5.82 Å². The van der Waals surface area contributed by atoms with Crippen molar-refractivity contribution in [3.05, 3.63) is 24.3 Å². The van der Waals surface area contributed by atoms with Crippen LogP contribution in [0.1, 0.15) is 6.42 Å². The maximum absolute atomic E-state index is 13.4. The van der Waals surface area contributed by atoms with Gasteiger partial charge in [0.2, 0.25) is 0 Å². The van der Waals surface area contributed by atoms with Crippen LogP contribution < -0.4 is 4.90 Å². The predicted octanol–water partition coefficient (Wildman–Crippen LogP) is 2.16. The van der Waals surface area contributed by atoms with E-state index in [0.29, 0.717) is 10.9 Å². The van der Waals surface area contributed by atoms with E-state index in [1.165, 1.54) is 6.20 Å². The standard InChI is InChI=1S/C10H13FN2S/c1-14-8-3-5-13(7-8)10-2-4-12-6-9(10)11/h2,4,6,8H,3,5,7H2,1H3. The summed E-state index contributed by atoms with van der Waals surface area (Å²) in [6, 6.07) is 1.75. The Labute approximate surface area is 87.5 Å². The molecule has 1 aliphatic rings. The lowest BCUT2D eigenvalue weighted by Crippen LogP contribution is -2.21. The fourth-order valence-electron chi connectivity index (χ4n) is 1.76. The molecule has 0 radical (unpaired) electrons. The number of rotatable bonds is 2. The van der Waals surface area contributed by atoms with Crippen LogP contribution in [0.4, 0.5) is 10.1 Å². The van der Waals surface area contributed by atoms with E-state index in [9.17, 15) is 4.39 Å². The van der Waals surface area contributed by atoms with Crippen LogP contribution in [0.3, 0.4) is 0 Å². The zero-order valence-corrected chi connectivity index (χ0v) is 8.93. The van der Waals surface area contributed by atoms with Crippen LogP contribution in [0.15, 0.2) is 18.5 Å². The Hall–Kier alpha value is -0.770. The number of pyridine rings is 1. The van der Waals surface area contributed by atoms with Gasteiger partial charge in [-0.1, -0.05) is 0 Å². The Kier molecular flexibility index (Phi) is 2.91. The van der Waals surface area contributed by atoms with Crippen LogP contribution in [-0.4, -0.2) is 29.6 Å². The van der Waals surface area contributed by atoms with E-state index in [1.54, 1.807) is 12.3 Å². The van der Waals surface area contributed by atoms with Crippen molar-refractivity contribution in [2.45, 2.75) is 11.7 Å². The van der Waals surface area contributed by atoms with Crippen molar-refractivity contribution in [3.63, 3.8) is 0 Å². The molecule has 2 heterocycles. The molecule has 4 heteroatoms. The van der Waals surface area contributed by atoms with Gasteiger partial charge in [0.05, 0.1) is 11.9 Å². The molecule has 2 rings (SSSR count). The fraction of sp³-hybridized carbons (Fsp3) is 0.500. The van der Waals surface area contributed by atoms with E-state index >= 15 is 0 Å². The minimum atomic E-state index is -0.214. The number of thioether (sulfide) groups is 1. The monoisotopic (exact) mass is 212 g/mol. The van der Waals surface area contributed by atoms with Crippen LogP contribution in [-0.2, 0) is 0 Å². The normalized spacial score (nSPS) is 21.6. The molecule has 2 nitrogen and oxygen atoms in total. The lowest BCUT2D eigenvalue weighted by Gasteiger charge is -2.18. The molecule has 0 N–H and O–H groups in total. The minimum Gasteiger partial charge on any atom is -0.368 e. The SMILES string of the molecule is CSC1CCN(c2ccncc2F)C1. The molecule has 1 saturated heterocycles. The fourth-order valence-corrected chi connectivity index (χ4v) is 2.43. The van der Waals surface area contributed by atoms with Crippen molar-refractivity contribution in [1.82, 2.24) is 4.98 Å². The molecule has 1 aromatic rings. The molecule has 0 aromatic carbocycles. The van der Waals surface area contributed by atoms with Gasteiger partial charge in [0.25, 0.3) is 0 Å². The van der Waals surface area contributed by atoms with Gasteiger partial charge >= 0.3 is 0 Å². The largest absolute Gasteiger partial charge is 0.368 e. The molecule has 0 bridgehead atoms. The number of nitrogens with zero attached hydrogens (tertiary/aromatic N) is 2. The smallest absolute Gasteiger partial charge is 0.164 e. The van der Waals surface area contributed by atoms with Crippen molar-refractivity contribution >= 4 is 17.4 Å². The summed E-state index contributed by atoms with van der Waals surface area (Å²) in [5.74, 6) is -0.214. The summed E-state index contributed by atoms with van der Waals surface area (Å²) < 4.78 is 13.4. The van der Waals surface area contributed by atoms with Gasteiger partial charge < -0.3 is 4.90 Å². The quantitative estimate of drug-likeness (QED) is 0.747. The molecule has 1 unspecified atom stereocenters. The number of anilines is 1. The van der Waals surface area contributed by atoms with Crippen LogP contribution in [0.5, 0.6) is 0 Å². The molecule has 76 valence electrons. The summed E-state index contributed by atoms with van der Waals surface area (Å²) in [6.07, 6.45) is 6.17. The van der Waals surface area contributed by atoms with Gasteiger partial charge in [-0.05, 0) is 18.7 Å². The number of hydrogen-bond acceptors (Lipinski definition) is 3. The first-order chi connectivity index (χ1) is 6.81. The summed E-state index contributed by atoms with van der Waals surface area (Å²) in [6.45, 7) is 1.90. The maximum atomic E-state index is 13.4. The molecule has 0 amide bonds. The van der Waals surface area contributed by atoms with Crippen molar-refractivity contribution in [3.8, 4) is 0 Å². The summed E-state index contributed by atoms with van der Waals surface area (Å²) in [4.78, 5) is 5.84. The number of hydrogen-bond donors (Lipinski definition) is 0. The third-order valence-electron chi connectivity index (χ3n) is 2.57. The van der Waals surface area contributed by atoms with E-state index in [-0.39, 0.29) is 5.82 Å². The first kappa shape index (κ1) is 9.77.